The standard InChI is InChI=1S/C24H21NO3/c1-17(18-11-5-2-6-12-18)25-21(19-13-7-3-8-14-19)22(28-24(27)23(25)26)20-15-9-4-10-16-20/h2-17,21-22H,1H3/t17-,21-,22-/m0/s1. The van der Waals surface area contributed by atoms with Crippen LogP contribution in [0.5, 0.6) is 0 Å². The molecule has 0 saturated carbocycles. The Balaban J connectivity index is 1.84. The van der Waals surface area contributed by atoms with Gasteiger partial charge in [-0.15, -0.1) is 0 Å². The second-order valence-corrected chi connectivity index (χ2v) is 6.89. The molecule has 1 aliphatic rings. The van der Waals surface area contributed by atoms with Gasteiger partial charge in [0.05, 0.1) is 12.1 Å². The van der Waals surface area contributed by atoms with Gasteiger partial charge in [-0.25, -0.2) is 4.79 Å². The first kappa shape index (κ1) is 18.0. The van der Waals surface area contributed by atoms with Crippen molar-refractivity contribution >= 4 is 11.9 Å². The van der Waals surface area contributed by atoms with E-state index >= 15 is 0 Å². The van der Waals surface area contributed by atoms with Gasteiger partial charge in [-0.2, -0.15) is 0 Å². The molecule has 0 unspecified atom stereocenters. The van der Waals surface area contributed by atoms with Gasteiger partial charge in [-0.1, -0.05) is 91.0 Å². The molecule has 1 amide bonds. The van der Waals surface area contributed by atoms with Crippen molar-refractivity contribution < 1.29 is 14.3 Å². The lowest BCUT2D eigenvalue weighted by Gasteiger charge is -2.43. The van der Waals surface area contributed by atoms with Crippen LogP contribution < -0.4 is 0 Å². The summed E-state index contributed by atoms with van der Waals surface area (Å²) in [7, 11) is 0. The predicted molar refractivity (Wildman–Crippen MR) is 106 cm³/mol. The number of carbonyl (C=O) groups excluding carboxylic acids is 2. The van der Waals surface area contributed by atoms with Crippen LogP contribution in [-0.2, 0) is 14.3 Å². The third-order valence-corrected chi connectivity index (χ3v) is 5.20. The minimum atomic E-state index is -0.816. The van der Waals surface area contributed by atoms with E-state index in [4.69, 9.17) is 4.74 Å². The van der Waals surface area contributed by atoms with Crippen molar-refractivity contribution in [3.63, 3.8) is 0 Å². The first-order chi connectivity index (χ1) is 13.7. The number of esters is 1. The molecule has 4 rings (SSSR count). The Labute approximate surface area is 164 Å². The van der Waals surface area contributed by atoms with Crippen molar-refractivity contribution in [3.8, 4) is 0 Å². The first-order valence-electron chi connectivity index (χ1n) is 9.35. The van der Waals surface area contributed by atoms with Gasteiger partial charge in [-0.05, 0) is 23.6 Å². The van der Waals surface area contributed by atoms with Gasteiger partial charge < -0.3 is 9.64 Å². The summed E-state index contributed by atoms with van der Waals surface area (Å²) in [4.78, 5) is 27.1. The maximum atomic E-state index is 13.0. The van der Waals surface area contributed by atoms with Crippen LogP contribution in [0.15, 0.2) is 91.0 Å². The van der Waals surface area contributed by atoms with Gasteiger partial charge in [0.25, 0.3) is 0 Å². The Morgan fingerprint density at radius 2 is 1.25 bits per heavy atom. The van der Waals surface area contributed by atoms with Crippen molar-refractivity contribution in [1.82, 2.24) is 4.90 Å². The first-order valence-corrected chi connectivity index (χ1v) is 9.35. The van der Waals surface area contributed by atoms with Crippen LogP contribution in [0.3, 0.4) is 0 Å². The zero-order valence-electron chi connectivity index (χ0n) is 15.6. The zero-order chi connectivity index (χ0) is 19.5. The highest BCUT2D eigenvalue weighted by molar-refractivity contribution is 6.33. The fraction of sp³-hybridized carbons (Fsp3) is 0.167. The molecule has 4 nitrogen and oxygen atoms in total. The van der Waals surface area contributed by atoms with Crippen LogP contribution in [0.1, 0.15) is 41.8 Å². The molecule has 1 fully saturated rings. The molecular formula is C24H21NO3. The van der Waals surface area contributed by atoms with Gasteiger partial charge in [0, 0.05) is 0 Å². The van der Waals surface area contributed by atoms with Crippen LogP contribution in [0.25, 0.3) is 0 Å². The maximum absolute atomic E-state index is 13.0. The molecular weight excluding hydrogens is 350 g/mol. The average Bonchev–Trinajstić information content (AvgIpc) is 2.76. The summed E-state index contributed by atoms with van der Waals surface area (Å²) >= 11 is 0. The molecule has 28 heavy (non-hydrogen) atoms. The fourth-order valence-electron chi connectivity index (χ4n) is 3.80. The van der Waals surface area contributed by atoms with Gasteiger partial charge in [0.15, 0.2) is 6.10 Å². The Morgan fingerprint density at radius 3 is 1.82 bits per heavy atom. The maximum Gasteiger partial charge on any atom is 0.397 e. The molecule has 3 atom stereocenters. The smallest absolute Gasteiger partial charge is 0.397 e. The Bertz CT molecular complexity index is 957. The molecule has 140 valence electrons. The Morgan fingerprint density at radius 1 is 0.750 bits per heavy atom. The number of benzene rings is 3. The number of rotatable bonds is 4. The summed E-state index contributed by atoms with van der Waals surface area (Å²) in [6, 6.07) is 28.4. The number of ether oxygens (including phenoxy) is 1. The van der Waals surface area contributed by atoms with E-state index in [2.05, 4.69) is 0 Å². The zero-order valence-corrected chi connectivity index (χ0v) is 15.6. The number of amides is 1. The summed E-state index contributed by atoms with van der Waals surface area (Å²) in [5.41, 5.74) is 2.76. The largest absolute Gasteiger partial charge is 0.448 e. The van der Waals surface area contributed by atoms with Crippen LogP contribution >= 0.6 is 0 Å². The van der Waals surface area contributed by atoms with Crippen LogP contribution in [-0.4, -0.2) is 16.8 Å². The molecule has 0 spiro atoms. The normalized spacial score (nSPS) is 20.5. The van der Waals surface area contributed by atoms with Gasteiger partial charge in [-0.3, -0.25) is 4.79 Å². The fourth-order valence-corrected chi connectivity index (χ4v) is 3.80. The summed E-state index contributed by atoms with van der Waals surface area (Å²) < 4.78 is 5.64. The molecule has 1 aliphatic heterocycles. The van der Waals surface area contributed by atoms with E-state index in [0.29, 0.717) is 0 Å². The van der Waals surface area contributed by atoms with E-state index < -0.39 is 24.0 Å². The van der Waals surface area contributed by atoms with Crippen molar-refractivity contribution in [2.45, 2.75) is 25.1 Å². The highest BCUT2D eigenvalue weighted by atomic mass is 16.6. The SMILES string of the molecule is C[C@@H](c1ccccc1)N1C(=O)C(=O)O[C@@H](c2ccccc2)[C@@H]1c1ccccc1. The third-order valence-electron chi connectivity index (χ3n) is 5.20. The second-order valence-electron chi connectivity index (χ2n) is 6.89. The minimum absolute atomic E-state index is 0.280. The lowest BCUT2D eigenvalue weighted by Crippen LogP contribution is -2.49. The van der Waals surface area contributed by atoms with Crippen LogP contribution in [0, 0.1) is 0 Å². The predicted octanol–water partition coefficient (Wildman–Crippen LogP) is 4.62. The number of carbonyl (C=O) groups is 2. The van der Waals surface area contributed by atoms with Crippen molar-refractivity contribution in [1.29, 1.82) is 0 Å². The minimum Gasteiger partial charge on any atom is -0.448 e. The lowest BCUT2D eigenvalue weighted by atomic mass is 9.90. The molecule has 0 aromatic heterocycles. The van der Waals surface area contributed by atoms with Crippen LogP contribution in [0.2, 0.25) is 0 Å². The quantitative estimate of drug-likeness (QED) is 0.497. The average molecular weight is 371 g/mol. The van der Waals surface area contributed by atoms with Crippen molar-refractivity contribution in [2.24, 2.45) is 0 Å². The number of morpholine rings is 1. The molecule has 0 aliphatic carbocycles. The molecule has 1 heterocycles. The second kappa shape index (κ2) is 7.69. The highest BCUT2D eigenvalue weighted by Crippen LogP contribution is 2.44. The topological polar surface area (TPSA) is 46.6 Å². The Hall–Kier alpha value is -3.40. The molecule has 4 heteroatoms. The van der Waals surface area contributed by atoms with Crippen LogP contribution in [0.4, 0.5) is 0 Å². The van der Waals surface area contributed by atoms with Crippen molar-refractivity contribution in [2.75, 3.05) is 0 Å². The number of hydrogen-bond acceptors (Lipinski definition) is 3. The molecule has 3 aromatic carbocycles. The number of hydrogen-bond donors (Lipinski definition) is 0. The number of nitrogens with zero attached hydrogens (tertiary/aromatic N) is 1. The van der Waals surface area contributed by atoms with E-state index in [1.54, 1.807) is 4.90 Å². The molecule has 1 saturated heterocycles. The van der Waals surface area contributed by atoms with Crippen molar-refractivity contribution in [3.05, 3.63) is 108 Å². The Kier molecular flexibility index (Phi) is 4.94. The van der Waals surface area contributed by atoms with E-state index in [1.165, 1.54) is 0 Å². The monoisotopic (exact) mass is 371 g/mol. The molecule has 0 bridgehead atoms. The van der Waals surface area contributed by atoms with E-state index in [9.17, 15) is 9.59 Å². The summed E-state index contributed by atoms with van der Waals surface area (Å²) in [5.74, 6) is -1.43. The summed E-state index contributed by atoms with van der Waals surface area (Å²) in [6.45, 7) is 1.95. The lowest BCUT2D eigenvalue weighted by molar-refractivity contribution is -0.182. The van der Waals surface area contributed by atoms with Gasteiger partial charge in [0.1, 0.15) is 0 Å². The molecule has 0 radical (unpaired) electrons. The molecule has 0 N–H and O–H groups in total. The highest BCUT2D eigenvalue weighted by Gasteiger charge is 2.46. The summed E-state index contributed by atoms with van der Waals surface area (Å²) in [6.07, 6.45) is -0.569. The molecule has 3 aromatic rings. The number of cyclic esters (lactones) is 1. The van der Waals surface area contributed by atoms with E-state index in [-0.39, 0.29) is 6.04 Å². The van der Waals surface area contributed by atoms with E-state index in [1.807, 2.05) is 97.9 Å². The summed E-state index contributed by atoms with van der Waals surface area (Å²) in [5, 5.41) is 0. The van der Waals surface area contributed by atoms with Gasteiger partial charge >= 0.3 is 11.9 Å². The third kappa shape index (κ3) is 3.29. The van der Waals surface area contributed by atoms with Gasteiger partial charge in [0.2, 0.25) is 0 Å². The van der Waals surface area contributed by atoms with E-state index in [0.717, 1.165) is 16.7 Å².